The molecule has 9 nitrogen and oxygen atoms in total. The summed E-state index contributed by atoms with van der Waals surface area (Å²) in [6.45, 7) is 1.47. The highest BCUT2D eigenvalue weighted by Crippen LogP contribution is 2.28. The second-order valence-electron chi connectivity index (χ2n) is 7.91. The van der Waals surface area contributed by atoms with Gasteiger partial charge in [0.1, 0.15) is 17.7 Å². The Morgan fingerprint density at radius 1 is 1.38 bits per heavy atom. The Kier molecular flexibility index (Phi) is 5.98. The van der Waals surface area contributed by atoms with Gasteiger partial charge >= 0.3 is 5.69 Å². The second kappa shape index (κ2) is 8.71. The number of likely N-dealkylation sites (tertiary alicyclic amines) is 1. The number of hydrogen-bond acceptors (Lipinski definition) is 6. The van der Waals surface area contributed by atoms with Crippen molar-refractivity contribution < 1.29 is 9.18 Å². The molecule has 1 unspecified atom stereocenters. The zero-order chi connectivity index (χ0) is 23.0. The van der Waals surface area contributed by atoms with Crippen LogP contribution < -0.4 is 11.4 Å². The minimum atomic E-state index is -0.670. The number of nitrogen functional groups attached to an aromatic ring is 1. The van der Waals surface area contributed by atoms with Crippen molar-refractivity contribution in [3.63, 3.8) is 0 Å². The van der Waals surface area contributed by atoms with Crippen LogP contribution in [0.25, 0.3) is 16.9 Å². The van der Waals surface area contributed by atoms with E-state index in [0.29, 0.717) is 31.7 Å². The highest BCUT2D eigenvalue weighted by molar-refractivity contribution is 6.30. The molecule has 1 aromatic carbocycles. The lowest BCUT2D eigenvalue weighted by Gasteiger charge is -2.15. The number of imidazole rings is 1. The average molecular weight is 460 g/mol. The first-order valence-electron chi connectivity index (χ1n) is 10.1. The number of aromatic nitrogens is 4. The summed E-state index contributed by atoms with van der Waals surface area (Å²) < 4.78 is 17.3. The molecule has 168 valence electrons. The van der Waals surface area contributed by atoms with Gasteiger partial charge in [0.05, 0.1) is 11.7 Å². The number of hydrogen-bond donors (Lipinski definition) is 1. The van der Waals surface area contributed by atoms with E-state index in [1.807, 2.05) is 19.0 Å². The molecule has 0 aliphatic carbocycles. The SMILES string of the molecule is CN(C)CC=CC(=O)N1CCC(n2c(=O)n(-c3ccc(Cl)cc3F)c3c(N)ncnc32)C1. The van der Waals surface area contributed by atoms with E-state index in [2.05, 4.69) is 9.97 Å². The summed E-state index contributed by atoms with van der Waals surface area (Å²) in [6.07, 6.45) is 5.15. The Morgan fingerprint density at radius 3 is 2.88 bits per heavy atom. The quantitative estimate of drug-likeness (QED) is 0.584. The van der Waals surface area contributed by atoms with E-state index in [1.165, 1.54) is 29.1 Å². The van der Waals surface area contributed by atoms with E-state index in [9.17, 15) is 14.0 Å². The fraction of sp³-hybridized carbons (Fsp3) is 0.333. The maximum Gasteiger partial charge on any atom is 0.335 e. The molecule has 2 aromatic heterocycles. The number of benzene rings is 1. The molecule has 11 heteroatoms. The molecule has 1 aliphatic rings. The number of rotatable bonds is 5. The number of carbonyl (C=O) groups is 1. The van der Waals surface area contributed by atoms with Gasteiger partial charge in [-0.2, -0.15) is 0 Å². The number of likely N-dealkylation sites (N-methyl/N-ethyl adjacent to an activating group) is 1. The summed E-state index contributed by atoms with van der Waals surface area (Å²) in [5.41, 5.74) is 6.07. The van der Waals surface area contributed by atoms with Crippen LogP contribution >= 0.6 is 11.6 Å². The van der Waals surface area contributed by atoms with Crippen molar-refractivity contribution >= 4 is 34.5 Å². The molecule has 32 heavy (non-hydrogen) atoms. The number of carbonyl (C=O) groups excluding carboxylic acids is 1. The molecule has 4 rings (SSSR count). The molecule has 3 aromatic rings. The molecule has 0 spiro atoms. The lowest BCUT2D eigenvalue weighted by Crippen LogP contribution is -2.31. The number of anilines is 1. The van der Waals surface area contributed by atoms with E-state index < -0.39 is 11.5 Å². The lowest BCUT2D eigenvalue weighted by atomic mass is 10.2. The number of halogens is 2. The zero-order valence-electron chi connectivity index (χ0n) is 17.7. The highest BCUT2D eigenvalue weighted by atomic mass is 35.5. The number of nitrogens with zero attached hydrogens (tertiary/aromatic N) is 6. The van der Waals surface area contributed by atoms with Gasteiger partial charge in [0.2, 0.25) is 5.91 Å². The van der Waals surface area contributed by atoms with Crippen molar-refractivity contribution in [3.05, 3.63) is 58.0 Å². The van der Waals surface area contributed by atoms with Crippen LogP contribution in [-0.2, 0) is 4.79 Å². The first kappa shape index (κ1) is 22.0. The fourth-order valence-electron chi connectivity index (χ4n) is 3.91. The molecule has 0 bridgehead atoms. The fourth-order valence-corrected chi connectivity index (χ4v) is 4.06. The number of fused-ring (bicyclic) bond motifs is 1. The molecule has 0 saturated carbocycles. The topological polar surface area (TPSA) is 102 Å². The van der Waals surface area contributed by atoms with Gasteiger partial charge in [-0.05, 0) is 38.7 Å². The van der Waals surface area contributed by atoms with E-state index in [4.69, 9.17) is 17.3 Å². The van der Waals surface area contributed by atoms with E-state index in [-0.39, 0.29) is 34.0 Å². The Labute approximate surface area is 188 Å². The van der Waals surface area contributed by atoms with Crippen LogP contribution in [0, 0.1) is 5.82 Å². The van der Waals surface area contributed by atoms with E-state index >= 15 is 0 Å². The van der Waals surface area contributed by atoms with Crippen LogP contribution in [0.1, 0.15) is 12.5 Å². The standard InChI is InChI=1S/C21H23ClFN7O2/c1-27(2)8-3-4-17(31)28-9-7-14(11-28)29-20-18(19(24)25-12-26-20)30(21(29)32)16-6-5-13(22)10-15(16)23/h3-6,10,12,14H,7-9,11H2,1-2H3,(H2,24,25,26). The molecule has 1 fully saturated rings. The van der Waals surface area contributed by atoms with Crippen LogP contribution in [0.3, 0.4) is 0 Å². The second-order valence-corrected chi connectivity index (χ2v) is 8.34. The summed E-state index contributed by atoms with van der Waals surface area (Å²) in [4.78, 5) is 37.9. The number of amides is 1. The Morgan fingerprint density at radius 2 is 2.16 bits per heavy atom. The van der Waals surface area contributed by atoms with Crippen molar-refractivity contribution in [1.29, 1.82) is 0 Å². The van der Waals surface area contributed by atoms with E-state index in [1.54, 1.807) is 11.0 Å². The van der Waals surface area contributed by atoms with Crippen LogP contribution in [-0.4, -0.2) is 68.5 Å². The maximum atomic E-state index is 14.7. The molecular formula is C21H23ClFN7O2. The monoisotopic (exact) mass is 459 g/mol. The normalized spacial score (nSPS) is 16.7. The molecular weight excluding hydrogens is 437 g/mol. The maximum absolute atomic E-state index is 14.7. The van der Waals surface area contributed by atoms with Gasteiger partial charge in [-0.25, -0.2) is 19.2 Å². The summed E-state index contributed by atoms with van der Waals surface area (Å²) >= 11 is 5.87. The molecule has 1 saturated heterocycles. The molecule has 1 amide bonds. The van der Waals surface area contributed by atoms with Crippen LogP contribution in [0.2, 0.25) is 5.02 Å². The van der Waals surface area contributed by atoms with Gasteiger partial charge < -0.3 is 15.5 Å². The highest BCUT2D eigenvalue weighted by Gasteiger charge is 2.31. The number of nitrogens with two attached hydrogens (primary N) is 1. The minimum absolute atomic E-state index is 0.00204. The predicted molar refractivity (Wildman–Crippen MR) is 120 cm³/mol. The Balaban J connectivity index is 1.74. The largest absolute Gasteiger partial charge is 0.382 e. The average Bonchev–Trinajstić information content (AvgIpc) is 3.31. The third-order valence-corrected chi connectivity index (χ3v) is 5.64. The summed E-state index contributed by atoms with van der Waals surface area (Å²) in [5.74, 6) is -0.738. The summed E-state index contributed by atoms with van der Waals surface area (Å²) in [5, 5.41) is 0.208. The predicted octanol–water partition coefficient (Wildman–Crippen LogP) is 1.85. The van der Waals surface area contributed by atoms with Crippen molar-refractivity contribution in [2.24, 2.45) is 0 Å². The molecule has 1 atom stereocenters. The van der Waals surface area contributed by atoms with Crippen molar-refractivity contribution in [1.82, 2.24) is 28.9 Å². The summed E-state index contributed by atoms with van der Waals surface area (Å²) in [6, 6.07) is 3.70. The smallest absolute Gasteiger partial charge is 0.335 e. The van der Waals surface area contributed by atoms with Crippen molar-refractivity contribution in [2.45, 2.75) is 12.5 Å². The van der Waals surface area contributed by atoms with Crippen LogP contribution in [0.5, 0.6) is 0 Å². The zero-order valence-corrected chi connectivity index (χ0v) is 18.5. The van der Waals surface area contributed by atoms with Crippen molar-refractivity contribution in [2.75, 3.05) is 39.5 Å². The molecule has 1 aliphatic heterocycles. The Hall–Kier alpha value is -3.24. The van der Waals surface area contributed by atoms with Gasteiger partial charge in [-0.15, -0.1) is 0 Å². The summed E-state index contributed by atoms with van der Waals surface area (Å²) in [7, 11) is 3.83. The molecule has 2 N–H and O–H groups in total. The first-order valence-corrected chi connectivity index (χ1v) is 10.4. The van der Waals surface area contributed by atoms with Gasteiger partial charge in [0.15, 0.2) is 11.5 Å². The lowest BCUT2D eigenvalue weighted by molar-refractivity contribution is -0.125. The minimum Gasteiger partial charge on any atom is -0.382 e. The Bertz CT molecular complexity index is 1270. The van der Waals surface area contributed by atoms with Gasteiger partial charge in [0, 0.05) is 30.7 Å². The van der Waals surface area contributed by atoms with Crippen molar-refractivity contribution in [3.8, 4) is 5.69 Å². The molecule has 3 heterocycles. The third kappa shape index (κ3) is 3.98. The van der Waals surface area contributed by atoms with Gasteiger partial charge in [0.25, 0.3) is 0 Å². The van der Waals surface area contributed by atoms with Gasteiger partial charge in [-0.1, -0.05) is 17.7 Å². The van der Waals surface area contributed by atoms with E-state index in [0.717, 1.165) is 10.6 Å². The van der Waals surface area contributed by atoms with Crippen LogP contribution in [0.4, 0.5) is 10.2 Å². The molecule has 0 radical (unpaired) electrons. The van der Waals surface area contributed by atoms with Gasteiger partial charge in [-0.3, -0.25) is 13.9 Å². The van der Waals surface area contributed by atoms with Crippen LogP contribution in [0.15, 0.2) is 41.5 Å². The first-order chi connectivity index (χ1) is 15.3. The third-order valence-electron chi connectivity index (χ3n) is 5.40.